The van der Waals surface area contributed by atoms with Crippen molar-refractivity contribution < 1.29 is 19.4 Å². The summed E-state index contributed by atoms with van der Waals surface area (Å²) in [6.07, 6.45) is 0. The Morgan fingerprint density at radius 1 is 1.64 bits per heavy atom. The fourth-order valence-electron chi connectivity index (χ4n) is 1.14. The zero-order valence-electron chi connectivity index (χ0n) is 7.86. The molecular formula is C8H14N2O4. The third-order valence-electron chi connectivity index (χ3n) is 1.85. The van der Waals surface area contributed by atoms with E-state index in [4.69, 9.17) is 9.84 Å². The van der Waals surface area contributed by atoms with Gasteiger partial charge in [0.25, 0.3) is 0 Å². The van der Waals surface area contributed by atoms with E-state index in [2.05, 4.69) is 5.32 Å². The van der Waals surface area contributed by atoms with Crippen LogP contribution in [0.5, 0.6) is 0 Å². The molecule has 1 saturated heterocycles. The Hall–Kier alpha value is -1.14. The lowest BCUT2D eigenvalue weighted by Crippen LogP contribution is -2.47. The van der Waals surface area contributed by atoms with E-state index >= 15 is 0 Å². The first-order valence-electron chi connectivity index (χ1n) is 4.47. The molecule has 80 valence electrons. The number of morpholine rings is 1. The summed E-state index contributed by atoms with van der Waals surface area (Å²) in [5, 5.41) is 10.9. The molecule has 0 aliphatic carbocycles. The van der Waals surface area contributed by atoms with E-state index in [1.54, 1.807) is 0 Å². The van der Waals surface area contributed by atoms with E-state index in [9.17, 15) is 9.59 Å². The lowest BCUT2D eigenvalue weighted by atomic mass is 10.4. The number of rotatable bonds is 4. The summed E-state index contributed by atoms with van der Waals surface area (Å²) in [6, 6.07) is 0. The maximum Gasteiger partial charge on any atom is 0.249 e. The fraction of sp³-hybridized carbons (Fsp3) is 0.750. The molecule has 0 bridgehead atoms. The number of nitrogens with one attached hydrogen (secondary N) is 1. The molecule has 0 radical (unpaired) electrons. The number of aliphatic hydroxyl groups excluding tert-OH is 1. The normalized spacial score (nSPS) is 16.9. The van der Waals surface area contributed by atoms with Gasteiger partial charge < -0.3 is 20.1 Å². The van der Waals surface area contributed by atoms with Crippen molar-refractivity contribution >= 4 is 11.8 Å². The van der Waals surface area contributed by atoms with Gasteiger partial charge >= 0.3 is 0 Å². The van der Waals surface area contributed by atoms with Gasteiger partial charge in [-0.05, 0) is 0 Å². The molecule has 2 N–H and O–H groups in total. The molecule has 1 fully saturated rings. The van der Waals surface area contributed by atoms with Gasteiger partial charge in [-0.3, -0.25) is 9.59 Å². The predicted molar refractivity (Wildman–Crippen MR) is 47.5 cm³/mol. The molecule has 6 nitrogen and oxygen atoms in total. The molecule has 6 heteroatoms. The number of hydrogen-bond donors (Lipinski definition) is 2. The van der Waals surface area contributed by atoms with Crippen LogP contribution in [-0.2, 0) is 14.3 Å². The highest BCUT2D eigenvalue weighted by Crippen LogP contribution is 1.97. The van der Waals surface area contributed by atoms with Crippen LogP contribution in [0.4, 0.5) is 0 Å². The van der Waals surface area contributed by atoms with Crippen LogP contribution in [0.2, 0.25) is 0 Å². The highest BCUT2D eigenvalue weighted by atomic mass is 16.5. The van der Waals surface area contributed by atoms with E-state index in [1.807, 2.05) is 0 Å². The summed E-state index contributed by atoms with van der Waals surface area (Å²) in [5.41, 5.74) is 0. The van der Waals surface area contributed by atoms with E-state index in [0.717, 1.165) is 0 Å². The third kappa shape index (κ3) is 3.31. The fourth-order valence-corrected chi connectivity index (χ4v) is 1.14. The Balaban J connectivity index is 2.27. The summed E-state index contributed by atoms with van der Waals surface area (Å²) >= 11 is 0. The highest BCUT2D eigenvalue weighted by molar-refractivity contribution is 5.85. The lowest BCUT2D eigenvalue weighted by Gasteiger charge is -2.25. The monoisotopic (exact) mass is 202 g/mol. The minimum absolute atomic E-state index is 0.0438. The molecule has 0 unspecified atom stereocenters. The van der Waals surface area contributed by atoms with Gasteiger partial charge in [0.05, 0.1) is 19.8 Å². The van der Waals surface area contributed by atoms with Gasteiger partial charge in [0, 0.05) is 13.1 Å². The van der Waals surface area contributed by atoms with Crippen molar-refractivity contribution in [3.63, 3.8) is 0 Å². The van der Waals surface area contributed by atoms with Crippen LogP contribution in [-0.4, -0.2) is 61.3 Å². The van der Waals surface area contributed by atoms with Crippen molar-refractivity contribution in [2.45, 2.75) is 0 Å². The van der Waals surface area contributed by atoms with Crippen LogP contribution in [0, 0.1) is 0 Å². The summed E-state index contributed by atoms with van der Waals surface area (Å²) in [5.74, 6) is -0.426. The Labute approximate surface area is 81.8 Å². The first kappa shape index (κ1) is 10.9. The summed E-state index contributed by atoms with van der Waals surface area (Å²) in [4.78, 5) is 23.8. The molecule has 1 aliphatic heterocycles. The maximum atomic E-state index is 11.2. The average Bonchev–Trinajstić information content (AvgIpc) is 2.18. The number of carbonyl (C=O) groups is 2. The second-order valence-electron chi connectivity index (χ2n) is 2.94. The molecule has 1 rings (SSSR count). The first-order chi connectivity index (χ1) is 6.74. The van der Waals surface area contributed by atoms with E-state index in [1.165, 1.54) is 4.90 Å². The second kappa shape index (κ2) is 5.56. The Morgan fingerprint density at radius 3 is 3.07 bits per heavy atom. The molecule has 0 aromatic rings. The number of amides is 2. The third-order valence-corrected chi connectivity index (χ3v) is 1.85. The largest absolute Gasteiger partial charge is 0.395 e. The highest BCUT2D eigenvalue weighted by Gasteiger charge is 2.20. The molecular weight excluding hydrogens is 188 g/mol. The summed E-state index contributed by atoms with van der Waals surface area (Å²) in [7, 11) is 0. The van der Waals surface area contributed by atoms with Crippen molar-refractivity contribution in [2.24, 2.45) is 0 Å². The van der Waals surface area contributed by atoms with E-state index in [-0.39, 0.29) is 38.1 Å². The zero-order valence-corrected chi connectivity index (χ0v) is 7.86. The van der Waals surface area contributed by atoms with Crippen molar-refractivity contribution in [1.29, 1.82) is 0 Å². The van der Waals surface area contributed by atoms with E-state index in [0.29, 0.717) is 13.2 Å². The van der Waals surface area contributed by atoms with Crippen LogP contribution in [0.25, 0.3) is 0 Å². The van der Waals surface area contributed by atoms with Gasteiger partial charge in [0.1, 0.15) is 6.61 Å². The summed E-state index contributed by atoms with van der Waals surface area (Å²) in [6.45, 7) is 1.14. The smallest absolute Gasteiger partial charge is 0.249 e. The number of ether oxygens (including phenoxy) is 1. The molecule has 0 atom stereocenters. The topological polar surface area (TPSA) is 78.9 Å². The van der Waals surface area contributed by atoms with Crippen molar-refractivity contribution in [2.75, 3.05) is 39.5 Å². The average molecular weight is 202 g/mol. The number of hydrogen-bond acceptors (Lipinski definition) is 4. The minimum atomic E-state index is -0.255. The van der Waals surface area contributed by atoms with Crippen LogP contribution >= 0.6 is 0 Å². The Kier molecular flexibility index (Phi) is 4.34. The van der Waals surface area contributed by atoms with Crippen LogP contribution < -0.4 is 5.32 Å². The van der Waals surface area contributed by atoms with Crippen LogP contribution in [0.15, 0.2) is 0 Å². The Bertz CT molecular complexity index is 219. The van der Waals surface area contributed by atoms with Crippen molar-refractivity contribution in [3.8, 4) is 0 Å². The first-order valence-corrected chi connectivity index (χ1v) is 4.47. The number of nitrogens with zero attached hydrogens (tertiary/aromatic N) is 1. The molecule has 0 aromatic carbocycles. The second-order valence-corrected chi connectivity index (χ2v) is 2.94. The van der Waals surface area contributed by atoms with Crippen molar-refractivity contribution in [3.05, 3.63) is 0 Å². The number of carbonyl (C=O) groups excluding carboxylic acids is 2. The van der Waals surface area contributed by atoms with E-state index < -0.39 is 0 Å². The van der Waals surface area contributed by atoms with Gasteiger partial charge in [-0.2, -0.15) is 0 Å². The molecule has 1 aliphatic rings. The Morgan fingerprint density at radius 2 is 2.43 bits per heavy atom. The lowest BCUT2D eigenvalue weighted by molar-refractivity contribution is -0.145. The molecule has 0 saturated carbocycles. The number of aliphatic hydroxyl groups is 1. The molecule has 0 aromatic heterocycles. The molecule has 14 heavy (non-hydrogen) atoms. The van der Waals surface area contributed by atoms with Crippen LogP contribution in [0.1, 0.15) is 0 Å². The molecule has 1 heterocycles. The molecule has 0 spiro atoms. The maximum absolute atomic E-state index is 11.2. The molecule has 2 amide bonds. The van der Waals surface area contributed by atoms with Gasteiger partial charge in [-0.1, -0.05) is 0 Å². The van der Waals surface area contributed by atoms with Gasteiger partial charge in [0.2, 0.25) is 11.8 Å². The predicted octanol–water partition coefficient (Wildman–Crippen LogP) is -2.05. The van der Waals surface area contributed by atoms with Gasteiger partial charge in [-0.25, -0.2) is 0 Å². The van der Waals surface area contributed by atoms with Crippen molar-refractivity contribution in [1.82, 2.24) is 10.2 Å². The van der Waals surface area contributed by atoms with Gasteiger partial charge in [-0.15, -0.1) is 0 Å². The quantitative estimate of drug-likeness (QED) is 0.550. The SMILES string of the molecule is O=C(CN1CCOCC1=O)NCCO. The van der Waals surface area contributed by atoms with Gasteiger partial charge in [0.15, 0.2) is 0 Å². The van der Waals surface area contributed by atoms with Crippen LogP contribution in [0.3, 0.4) is 0 Å². The minimum Gasteiger partial charge on any atom is -0.395 e. The summed E-state index contributed by atoms with van der Waals surface area (Å²) < 4.78 is 4.91. The standard InChI is InChI=1S/C8H14N2O4/c11-3-1-9-7(12)5-10-2-4-14-6-8(10)13/h11H,1-6H2,(H,9,12). The zero-order chi connectivity index (χ0) is 10.4.